The molecule has 1 aliphatic carbocycles. The van der Waals surface area contributed by atoms with E-state index in [1.165, 1.54) is 32.1 Å². The summed E-state index contributed by atoms with van der Waals surface area (Å²) >= 11 is 3.46. The van der Waals surface area contributed by atoms with Gasteiger partial charge >= 0.3 is 5.97 Å². The molecule has 1 fully saturated rings. The predicted molar refractivity (Wildman–Crippen MR) is 83.8 cm³/mol. The van der Waals surface area contributed by atoms with Crippen LogP contribution >= 0.6 is 15.9 Å². The number of rotatable bonds is 5. The molecule has 0 saturated heterocycles. The van der Waals surface area contributed by atoms with E-state index in [0.717, 1.165) is 16.6 Å². The van der Waals surface area contributed by atoms with E-state index in [-0.39, 0.29) is 5.97 Å². The lowest BCUT2D eigenvalue weighted by Crippen LogP contribution is -2.30. The maximum Gasteiger partial charge on any atom is 0.338 e. The first-order chi connectivity index (χ1) is 9.69. The van der Waals surface area contributed by atoms with E-state index in [1.807, 2.05) is 19.1 Å². The monoisotopic (exact) mass is 339 g/mol. The first kappa shape index (κ1) is 15.5. The summed E-state index contributed by atoms with van der Waals surface area (Å²) in [6.45, 7) is 3.03. The molecule has 0 aliphatic heterocycles. The van der Waals surface area contributed by atoms with Crippen molar-refractivity contribution in [3.8, 4) is 0 Å². The van der Waals surface area contributed by atoms with Gasteiger partial charge in [0.1, 0.15) is 0 Å². The van der Waals surface area contributed by atoms with Gasteiger partial charge in [0.25, 0.3) is 0 Å². The number of hydrogen-bond donors (Lipinski definition) is 1. The van der Waals surface area contributed by atoms with Gasteiger partial charge in [-0.25, -0.2) is 4.79 Å². The molecule has 20 heavy (non-hydrogen) atoms. The maximum absolute atomic E-state index is 11.8. The molecule has 0 aromatic heterocycles. The number of ether oxygens (including phenoxy) is 1. The molecule has 0 spiro atoms. The summed E-state index contributed by atoms with van der Waals surface area (Å²) in [6.07, 6.45) is 6.54. The zero-order chi connectivity index (χ0) is 14.4. The van der Waals surface area contributed by atoms with Crippen LogP contribution in [0.2, 0.25) is 0 Å². The Balaban J connectivity index is 1.98. The molecule has 4 heteroatoms. The van der Waals surface area contributed by atoms with E-state index in [9.17, 15) is 4.79 Å². The van der Waals surface area contributed by atoms with Crippen LogP contribution in [0.15, 0.2) is 22.7 Å². The van der Waals surface area contributed by atoms with E-state index in [0.29, 0.717) is 18.2 Å². The molecule has 2 rings (SSSR count). The summed E-state index contributed by atoms with van der Waals surface area (Å²) in [5.74, 6) is -0.257. The molecule has 0 atom stereocenters. The van der Waals surface area contributed by atoms with Crippen LogP contribution in [0.5, 0.6) is 0 Å². The number of nitrogens with one attached hydrogen (secondary N) is 1. The fraction of sp³-hybridized carbons (Fsp3) is 0.562. The van der Waals surface area contributed by atoms with Crippen molar-refractivity contribution in [2.24, 2.45) is 0 Å². The molecule has 0 unspecified atom stereocenters. The number of halogens is 1. The fourth-order valence-corrected chi connectivity index (χ4v) is 3.19. The molecule has 1 saturated carbocycles. The van der Waals surface area contributed by atoms with Crippen LogP contribution in [-0.4, -0.2) is 18.6 Å². The minimum atomic E-state index is -0.257. The van der Waals surface area contributed by atoms with E-state index in [1.54, 1.807) is 0 Å². The van der Waals surface area contributed by atoms with Gasteiger partial charge in [-0.15, -0.1) is 0 Å². The molecule has 1 N–H and O–H groups in total. The lowest BCUT2D eigenvalue weighted by atomic mass is 9.95. The molecule has 0 bridgehead atoms. The Hall–Kier alpha value is -0.870. The van der Waals surface area contributed by atoms with Crippen LogP contribution in [0.4, 0.5) is 0 Å². The summed E-state index contributed by atoms with van der Waals surface area (Å²) in [4.78, 5) is 11.8. The zero-order valence-electron chi connectivity index (χ0n) is 12.0. The quantitative estimate of drug-likeness (QED) is 0.822. The standard InChI is InChI=1S/C16H22BrNO2/c1-2-20-16(19)13-8-12(9-14(17)10-13)11-18-15-6-4-3-5-7-15/h8-10,15,18H,2-7,11H2,1H3. The SMILES string of the molecule is CCOC(=O)c1cc(Br)cc(CNC2CCCCC2)c1. The normalized spacial score (nSPS) is 16.1. The third-order valence-corrected chi connectivity index (χ3v) is 4.13. The lowest BCUT2D eigenvalue weighted by molar-refractivity contribution is 0.0526. The van der Waals surface area contributed by atoms with Crippen LogP contribution in [0.1, 0.15) is 54.9 Å². The van der Waals surface area contributed by atoms with Gasteiger partial charge in [0, 0.05) is 17.1 Å². The molecule has 3 nitrogen and oxygen atoms in total. The molecule has 1 aromatic carbocycles. The van der Waals surface area contributed by atoms with Crippen molar-refractivity contribution in [3.63, 3.8) is 0 Å². The van der Waals surface area contributed by atoms with Crippen LogP contribution < -0.4 is 5.32 Å². The first-order valence-electron chi connectivity index (χ1n) is 7.39. The van der Waals surface area contributed by atoms with Gasteiger partial charge < -0.3 is 10.1 Å². The van der Waals surface area contributed by atoms with Gasteiger partial charge in [-0.1, -0.05) is 35.2 Å². The summed E-state index contributed by atoms with van der Waals surface area (Å²) in [7, 11) is 0. The van der Waals surface area contributed by atoms with Gasteiger partial charge in [0.2, 0.25) is 0 Å². The van der Waals surface area contributed by atoms with Crippen molar-refractivity contribution < 1.29 is 9.53 Å². The van der Waals surface area contributed by atoms with Crippen molar-refractivity contribution >= 4 is 21.9 Å². The van der Waals surface area contributed by atoms with E-state index < -0.39 is 0 Å². The highest BCUT2D eigenvalue weighted by Crippen LogP contribution is 2.20. The molecular formula is C16H22BrNO2. The van der Waals surface area contributed by atoms with Crippen molar-refractivity contribution in [1.82, 2.24) is 5.32 Å². The fourth-order valence-electron chi connectivity index (χ4n) is 2.65. The van der Waals surface area contributed by atoms with Crippen molar-refractivity contribution in [3.05, 3.63) is 33.8 Å². The van der Waals surface area contributed by atoms with Crippen molar-refractivity contribution in [2.45, 2.75) is 51.6 Å². The maximum atomic E-state index is 11.8. The van der Waals surface area contributed by atoms with E-state index in [4.69, 9.17) is 4.74 Å². The molecule has 0 amide bonds. The van der Waals surface area contributed by atoms with E-state index in [2.05, 4.69) is 27.3 Å². The van der Waals surface area contributed by atoms with Crippen LogP contribution in [0, 0.1) is 0 Å². The molecule has 0 radical (unpaired) electrons. The topological polar surface area (TPSA) is 38.3 Å². The van der Waals surface area contributed by atoms with Gasteiger partial charge in [0.15, 0.2) is 0 Å². The van der Waals surface area contributed by atoms with Gasteiger partial charge in [-0.05, 0) is 43.5 Å². The second-order valence-electron chi connectivity index (χ2n) is 5.28. The second-order valence-corrected chi connectivity index (χ2v) is 6.20. The van der Waals surface area contributed by atoms with Crippen molar-refractivity contribution in [1.29, 1.82) is 0 Å². The van der Waals surface area contributed by atoms with E-state index >= 15 is 0 Å². The molecule has 1 aromatic rings. The lowest BCUT2D eigenvalue weighted by Gasteiger charge is -2.23. The van der Waals surface area contributed by atoms with Crippen LogP contribution in [0.3, 0.4) is 0 Å². The Bertz CT molecular complexity index is 456. The summed E-state index contributed by atoms with van der Waals surface area (Å²) in [5.41, 5.74) is 1.73. The Morgan fingerprint density at radius 2 is 2.05 bits per heavy atom. The molecule has 0 heterocycles. The third kappa shape index (κ3) is 4.60. The number of carbonyl (C=O) groups is 1. The Morgan fingerprint density at radius 1 is 1.30 bits per heavy atom. The number of carbonyl (C=O) groups excluding carboxylic acids is 1. The van der Waals surface area contributed by atoms with Crippen molar-refractivity contribution in [2.75, 3.05) is 6.61 Å². The highest BCUT2D eigenvalue weighted by Gasteiger charge is 2.13. The first-order valence-corrected chi connectivity index (χ1v) is 8.18. The average Bonchev–Trinajstić information content (AvgIpc) is 2.46. The minimum absolute atomic E-state index is 0.257. The van der Waals surface area contributed by atoms with Gasteiger partial charge in [-0.3, -0.25) is 0 Å². The Morgan fingerprint density at radius 3 is 2.75 bits per heavy atom. The largest absolute Gasteiger partial charge is 0.462 e. The Kier molecular flexibility index (Phi) is 6.05. The summed E-state index contributed by atoms with van der Waals surface area (Å²) < 4.78 is 5.97. The van der Waals surface area contributed by atoms with Crippen LogP contribution in [0.25, 0.3) is 0 Å². The van der Waals surface area contributed by atoms with Gasteiger partial charge in [-0.2, -0.15) is 0 Å². The number of benzene rings is 1. The van der Waals surface area contributed by atoms with Crippen LogP contribution in [-0.2, 0) is 11.3 Å². The minimum Gasteiger partial charge on any atom is -0.462 e. The summed E-state index contributed by atoms with van der Waals surface area (Å²) in [5, 5.41) is 3.59. The average molecular weight is 340 g/mol. The summed E-state index contributed by atoms with van der Waals surface area (Å²) in [6, 6.07) is 6.40. The molecule has 110 valence electrons. The number of hydrogen-bond acceptors (Lipinski definition) is 3. The highest BCUT2D eigenvalue weighted by atomic mass is 79.9. The third-order valence-electron chi connectivity index (χ3n) is 3.67. The smallest absolute Gasteiger partial charge is 0.338 e. The zero-order valence-corrected chi connectivity index (χ0v) is 13.5. The predicted octanol–water partition coefficient (Wildman–Crippen LogP) is 4.05. The molecular weight excluding hydrogens is 318 g/mol. The highest BCUT2D eigenvalue weighted by molar-refractivity contribution is 9.10. The number of esters is 1. The Labute approximate surface area is 129 Å². The second kappa shape index (κ2) is 7.79. The molecule has 1 aliphatic rings. The van der Waals surface area contributed by atoms with Gasteiger partial charge in [0.05, 0.1) is 12.2 Å².